The van der Waals surface area contributed by atoms with Crippen LogP contribution in [0.25, 0.3) is 16.6 Å². The lowest BCUT2D eigenvalue weighted by Gasteiger charge is -2.15. The predicted molar refractivity (Wildman–Crippen MR) is 150 cm³/mol. The summed E-state index contributed by atoms with van der Waals surface area (Å²) in [6.07, 6.45) is 4.30. The van der Waals surface area contributed by atoms with E-state index in [4.69, 9.17) is 19.9 Å². The van der Waals surface area contributed by atoms with E-state index in [1.807, 2.05) is 29.0 Å². The topological polar surface area (TPSA) is 84.4 Å². The second-order valence-electron chi connectivity index (χ2n) is 9.55. The second kappa shape index (κ2) is 10.6. The molecule has 1 aliphatic carbocycles. The van der Waals surface area contributed by atoms with E-state index in [-0.39, 0.29) is 0 Å². The Kier molecular flexibility index (Phi) is 7.08. The number of benzene rings is 2. The van der Waals surface area contributed by atoms with Crippen molar-refractivity contribution >= 4 is 22.4 Å². The predicted octanol–water partition coefficient (Wildman–Crippen LogP) is 5.69. The summed E-state index contributed by atoms with van der Waals surface area (Å²) < 4.78 is 18.8. The maximum atomic E-state index is 6.24. The number of fused-ring (bicyclic) bond motifs is 2. The molecule has 1 unspecified atom stereocenters. The average molecular weight is 509 g/mol. The molecule has 0 bridgehead atoms. The van der Waals surface area contributed by atoms with Gasteiger partial charge in [0.05, 0.1) is 25.2 Å². The molecule has 2 N–H and O–H groups in total. The SMILES string of the molecule is COc1cc(C#Cc2cn(COCCC3C(C)=C(C)c4c(C)cccc43)c3ncnc(N)c23)cc(OC)c1. The zero-order valence-electron chi connectivity index (χ0n) is 22.5. The summed E-state index contributed by atoms with van der Waals surface area (Å²) in [5, 5.41) is 0.716. The number of aryl methyl sites for hydroxylation is 1. The fraction of sp³-hybridized carbons (Fsp3) is 0.290. The first-order chi connectivity index (χ1) is 18.4. The summed E-state index contributed by atoms with van der Waals surface area (Å²) in [5.74, 6) is 8.53. The number of hydrogen-bond donors (Lipinski definition) is 1. The van der Waals surface area contributed by atoms with Gasteiger partial charge >= 0.3 is 0 Å². The van der Waals surface area contributed by atoms with E-state index in [1.54, 1.807) is 14.2 Å². The van der Waals surface area contributed by atoms with Gasteiger partial charge in [-0.25, -0.2) is 9.97 Å². The molecule has 0 saturated carbocycles. The number of methoxy groups -OCH3 is 2. The molecule has 194 valence electrons. The maximum Gasteiger partial charge on any atom is 0.148 e. The Hall–Kier alpha value is -4.28. The van der Waals surface area contributed by atoms with Gasteiger partial charge in [0.1, 0.15) is 36.0 Å². The molecule has 2 aromatic carbocycles. The van der Waals surface area contributed by atoms with Crippen molar-refractivity contribution in [2.24, 2.45) is 0 Å². The number of aromatic nitrogens is 3. The molecule has 7 heteroatoms. The van der Waals surface area contributed by atoms with E-state index in [0.717, 1.165) is 17.5 Å². The molecule has 2 heterocycles. The smallest absolute Gasteiger partial charge is 0.148 e. The highest BCUT2D eigenvalue weighted by Crippen LogP contribution is 2.44. The Morgan fingerprint density at radius 2 is 1.76 bits per heavy atom. The van der Waals surface area contributed by atoms with E-state index in [9.17, 15) is 0 Å². The van der Waals surface area contributed by atoms with Crippen LogP contribution < -0.4 is 15.2 Å². The van der Waals surface area contributed by atoms with Gasteiger partial charge in [-0.15, -0.1) is 0 Å². The summed E-state index contributed by atoms with van der Waals surface area (Å²) in [5.41, 5.74) is 15.4. The van der Waals surface area contributed by atoms with Crippen LogP contribution in [0, 0.1) is 18.8 Å². The van der Waals surface area contributed by atoms with Crippen molar-refractivity contribution in [3.8, 4) is 23.3 Å². The number of rotatable bonds is 7. The number of allylic oxidation sites excluding steroid dienone is 2. The summed E-state index contributed by atoms with van der Waals surface area (Å²) in [6.45, 7) is 7.61. The van der Waals surface area contributed by atoms with Crippen molar-refractivity contribution in [1.82, 2.24) is 14.5 Å². The van der Waals surface area contributed by atoms with Crippen molar-refractivity contribution in [1.29, 1.82) is 0 Å². The molecule has 1 atom stereocenters. The minimum absolute atomic E-state index is 0.344. The Morgan fingerprint density at radius 1 is 1.00 bits per heavy atom. The number of nitrogen functional groups attached to an aromatic ring is 1. The number of nitrogens with two attached hydrogens (primary N) is 1. The first-order valence-electron chi connectivity index (χ1n) is 12.6. The van der Waals surface area contributed by atoms with Crippen LogP contribution in [0.1, 0.15) is 54.0 Å². The van der Waals surface area contributed by atoms with Gasteiger partial charge in [0.15, 0.2) is 0 Å². The monoisotopic (exact) mass is 508 g/mol. The standard InChI is InChI=1S/C31H32N4O3/c1-19-7-6-8-27-26(20(2)21(3)28(19)27)11-12-38-18-35-16-23(29-30(32)33-17-34-31(29)35)10-9-22-13-24(36-4)15-25(14-22)37-5/h6-8,13-17,26H,11-12,18H2,1-5H3,(H2,32,33,34). The molecule has 0 saturated heterocycles. The molecule has 1 aliphatic rings. The fourth-order valence-electron chi connectivity index (χ4n) is 5.28. The van der Waals surface area contributed by atoms with Gasteiger partial charge < -0.3 is 24.5 Å². The molecule has 0 amide bonds. The van der Waals surface area contributed by atoms with E-state index < -0.39 is 0 Å². The van der Waals surface area contributed by atoms with Crippen molar-refractivity contribution in [3.05, 3.63) is 82.3 Å². The lowest BCUT2D eigenvalue weighted by atomic mass is 9.92. The van der Waals surface area contributed by atoms with Crippen LogP contribution in [0.3, 0.4) is 0 Å². The molecule has 0 aliphatic heterocycles. The lowest BCUT2D eigenvalue weighted by Crippen LogP contribution is -2.07. The quantitative estimate of drug-likeness (QED) is 0.255. The molecule has 0 spiro atoms. The number of ether oxygens (including phenoxy) is 3. The summed E-state index contributed by atoms with van der Waals surface area (Å²) >= 11 is 0. The highest BCUT2D eigenvalue weighted by Gasteiger charge is 2.27. The summed E-state index contributed by atoms with van der Waals surface area (Å²) in [7, 11) is 3.23. The van der Waals surface area contributed by atoms with Crippen LogP contribution in [0.15, 0.2) is 54.5 Å². The van der Waals surface area contributed by atoms with Gasteiger partial charge in [0.25, 0.3) is 0 Å². The van der Waals surface area contributed by atoms with Crippen LogP contribution in [-0.2, 0) is 11.5 Å². The van der Waals surface area contributed by atoms with Crippen LogP contribution in [0.4, 0.5) is 5.82 Å². The zero-order chi connectivity index (χ0) is 26.8. The number of nitrogens with zero attached hydrogens (tertiary/aromatic N) is 3. The van der Waals surface area contributed by atoms with Crippen molar-refractivity contribution in [2.45, 2.75) is 39.8 Å². The fourth-order valence-corrected chi connectivity index (χ4v) is 5.28. The Balaban J connectivity index is 1.35. The largest absolute Gasteiger partial charge is 0.497 e. The van der Waals surface area contributed by atoms with Crippen LogP contribution in [-0.4, -0.2) is 35.4 Å². The van der Waals surface area contributed by atoms with E-state index in [0.29, 0.717) is 47.6 Å². The molecule has 7 nitrogen and oxygen atoms in total. The molecule has 0 radical (unpaired) electrons. The Morgan fingerprint density at radius 3 is 2.50 bits per heavy atom. The van der Waals surface area contributed by atoms with Gasteiger partial charge in [-0.05, 0) is 61.6 Å². The van der Waals surface area contributed by atoms with Crippen molar-refractivity contribution in [3.63, 3.8) is 0 Å². The molecule has 2 aromatic heterocycles. The maximum absolute atomic E-state index is 6.24. The molecule has 5 rings (SSSR count). The molecule has 38 heavy (non-hydrogen) atoms. The Bertz CT molecular complexity index is 1580. The normalized spacial score (nSPS) is 14.4. The third kappa shape index (κ3) is 4.71. The summed E-state index contributed by atoms with van der Waals surface area (Å²) in [4.78, 5) is 8.65. The van der Waals surface area contributed by atoms with Gasteiger partial charge in [-0.2, -0.15) is 0 Å². The third-order valence-electron chi connectivity index (χ3n) is 7.33. The van der Waals surface area contributed by atoms with Crippen LogP contribution in [0.5, 0.6) is 11.5 Å². The molecule has 4 aromatic rings. The molecular formula is C31H32N4O3. The third-order valence-corrected chi connectivity index (χ3v) is 7.33. The zero-order valence-corrected chi connectivity index (χ0v) is 22.5. The van der Waals surface area contributed by atoms with Crippen LogP contribution in [0.2, 0.25) is 0 Å². The molecular weight excluding hydrogens is 476 g/mol. The van der Waals surface area contributed by atoms with E-state index in [2.05, 4.69) is 60.8 Å². The molecule has 0 fully saturated rings. The summed E-state index contributed by atoms with van der Waals surface area (Å²) in [6, 6.07) is 12.1. The van der Waals surface area contributed by atoms with E-state index in [1.165, 1.54) is 34.2 Å². The first-order valence-corrected chi connectivity index (χ1v) is 12.6. The number of hydrogen-bond acceptors (Lipinski definition) is 6. The second-order valence-corrected chi connectivity index (χ2v) is 9.55. The average Bonchev–Trinajstić information content (AvgIpc) is 3.41. The number of anilines is 1. The van der Waals surface area contributed by atoms with Gasteiger partial charge in [0.2, 0.25) is 0 Å². The van der Waals surface area contributed by atoms with Gasteiger partial charge in [0, 0.05) is 30.4 Å². The highest BCUT2D eigenvalue weighted by molar-refractivity contribution is 5.92. The minimum Gasteiger partial charge on any atom is -0.497 e. The lowest BCUT2D eigenvalue weighted by molar-refractivity contribution is 0.0756. The Labute approximate surface area is 223 Å². The first kappa shape index (κ1) is 25.4. The highest BCUT2D eigenvalue weighted by atomic mass is 16.5. The van der Waals surface area contributed by atoms with Gasteiger partial charge in [-0.1, -0.05) is 35.6 Å². The van der Waals surface area contributed by atoms with Crippen molar-refractivity contribution < 1.29 is 14.2 Å². The minimum atomic E-state index is 0.344. The van der Waals surface area contributed by atoms with Crippen LogP contribution >= 0.6 is 0 Å². The van der Waals surface area contributed by atoms with E-state index >= 15 is 0 Å². The van der Waals surface area contributed by atoms with Gasteiger partial charge in [-0.3, -0.25) is 0 Å². The van der Waals surface area contributed by atoms with Crippen molar-refractivity contribution in [2.75, 3.05) is 26.6 Å².